The molecule has 0 aliphatic rings. The van der Waals surface area contributed by atoms with Gasteiger partial charge in [-0.15, -0.1) is 0 Å². The molecule has 4 N–H and O–H groups in total. The summed E-state index contributed by atoms with van der Waals surface area (Å²) in [5.41, 5.74) is 0. The van der Waals surface area contributed by atoms with Crippen LogP contribution in [0.3, 0.4) is 0 Å². The van der Waals surface area contributed by atoms with Crippen molar-refractivity contribution < 1.29 is 27.9 Å². The van der Waals surface area contributed by atoms with E-state index in [-0.39, 0.29) is 25.1 Å². The van der Waals surface area contributed by atoms with Crippen LogP contribution < -0.4 is 15.4 Å². The molecule has 0 atom stereocenters. The molecule has 0 bridgehead atoms. The highest BCUT2D eigenvalue weighted by molar-refractivity contribution is 7.89. The van der Waals surface area contributed by atoms with Crippen molar-refractivity contribution in [3.05, 3.63) is 0 Å². The van der Waals surface area contributed by atoms with Crippen LogP contribution in [0.25, 0.3) is 0 Å². The van der Waals surface area contributed by atoms with E-state index in [2.05, 4.69) is 10.0 Å². The molecule has 0 spiro atoms. The standard InChI is InChI=1S/C10H19N3O6S/c1-11-20(18,19)7-6-12-10(17)13-8(14)4-2-3-5-9(15)16/h11H,2-7H2,1H3,(H,15,16)(H2,12,13,14,17). The van der Waals surface area contributed by atoms with E-state index in [1.165, 1.54) is 7.05 Å². The predicted octanol–water partition coefficient (Wildman–Crippen LogP) is -0.994. The van der Waals surface area contributed by atoms with E-state index in [0.29, 0.717) is 12.8 Å². The number of hydrogen-bond acceptors (Lipinski definition) is 5. The van der Waals surface area contributed by atoms with Crippen LogP contribution in [-0.2, 0) is 19.6 Å². The summed E-state index contributed by atoms with van der Waals surface area (Å²) in [5, 5.41) is 12.6. The van der Waals surface area contributed by atoms with Crippen LogP contribution in [0.15, 0.2) is 0 Å². The van der Waals surface area contributed by atoms with Gasteiger partial charge in [0.2, 0.25) is 15.9 Å². The minimum absolute atomic E-state index is 0.0264. The highest BCUT2D eigenvalue weighted by Gasteiger charge is 2.10. The van der Waals surface area contributed by atoms with Gasteiger partial charge in [-0.1, -0.05) is 0 Å². The Bertz CT molecular complexity index is 448. The van der Waals surface area contributed by atoms with Gasteiger partial charge in [0.05, 0.1) is 5.75 Å². The van der Waals surface area contributed by atoms with E-state index in [1.54, 1.807) is 0 Å². The Balaban J connectivity index is 3.75. The molecular formula is C10H19N3O6S. The number of imide groups is 1. The van der Waals surface area contributed by atoms with Crippen molar-refractivity contribution in [1.82, 2.24) is 15.4 Å². The number of unbranched alkanes of at least 4 members (excludes halogenated alkanes) is 1. The number of nitrogens with one attached hydrogen (secondary N) is 3. The zero-order chi connectivity index (χ0) is 15.6. The van der Waals surface area contributed by atoms with Crippen LogP contribution in [0.4, 0.5) is 4.79 Å². The second-order valence-corrected chi connectivity index (χ2v) is 5.97. The molecule has 0 unspecified atom stereocenters. The molecule has 0 rings (SSSR count). The van der Waals surface area contributed by atoms with Gasteiger partial charge < -0.3 is 10.4 Å². The maximum absolute atomic E-state index is 11.3. The largest absolute Gasteiger partial charge is 0.481 e. The van der Waals surface area contributed by atoms with E-state index >= 15 is 0 Å². The first kappa shape index (κ1) is 18.3. The summed E-state index contributed by atoms with van der Waals surface area (Å²) in [6.07, 6.45) is 0.723. The van der Waals surface area contributed by atoms with Gasteiger partial charge in [-0.05, 0) is 19.9 Å². The fraction of sp³-hybridized carbons (Fsp3) is 0.700. The average Bonchev–Trinajstić information content (AvgIpc) is 2.34. The number of amides is 3. The van der Waals surface area contributed by atoms with Gasteiger partial charge in [0, 0.05) is 19.4 Å². The van der Waals surface area contributed by atoms with Crippen LogP contribution in [0, 0.1) is 0 Å². The third-order valence-corrected chi connectivity index (χ3v) is 3.63. The molecule has 0 aromatic heterocycles. The van der Waals surface area contributed by atoms with Crippen LogP contribution in [0.1, 0.15) is 25.7 Å². The molecule has 20 heavy (non-hydrogen) atoms. The molecule has 0 fully saturated rings. The van der Waals surface area contributed by atoms with E-state index < -0.39 is 27.9 Å². The number of rotatable bonds is 9. The zero-order valence-corrected chi connectivity index (χ0v) is 12.0. The molecule has 9 nitrogen and oxygen atoms in total. The number of hydrogen-bond donors (Lipinski definition) is 4. The lowest BCUT2D eigenvalue weighted by Gasteiger charge is -2.06. The molecular weight excluding hydrogens is 290 g/mol. The number of carbonyl (C=O) groups excluding carboxylic acids is 2. The summed E-state index contributed by atoms with van der Waals surface area (Å²) in [4.78, 5) is 32.7. The minimum atomic E-state index is -3.40. The summed E-state index contributed by atoms with van der Waals surface area (Å²) in [6, 6.07) is -0.778. The smallest absolute Gasteiger partial charge is 0.321 e. The van der Waals surface area contributed by atoms with Crippen molar-refractivity contribution >= 4 is 27.9 Å². The maximum Gasteiger partial charge on any atom is 0.321 e. The second kappa shape index (κ2) is 9.26. The highest BCUT2D eigenvalue weighted by atomic mass is 32.2. The van der Waals surface area contributed by atoms with Gasteiger partial charge in [-0.3, -0.25) is 14.9 Å². The Morgan fingerprint density at radius 2 is 1.70 bits per heavy atom. The Hall–Kier alpha value is -1.68. The molecule has 0 aromatic rings. The SMILES string of the molecule is CNS(=O)(=O)CCNC(=O)NC(=O)CCCCC(=O)O. The summed E-state index contributed by atoms with van der Waals surface area (Å²) in [7, 11) is -2.14. The molecule has 10 heteroatoms. The van der Waals surface area contributed by atoms with E-state index in [0.717, 1.165) is 0 Å². The van der Waals surface area contributed by atoms with Crippen molar-refractivity contribution in [3.63, 3.8) is 0 Å². The normalized spacial score (nSPS) is 10.8. The first-order chi connectivity index (χ1) is 9.26. The Morgan fingerprint density at radius 1 is 1.10 bits per heavy atom. The topological polar surface area (TPSA) is 142 Å². The fourth-order valence-corrected chi connectivity index (χ4v) is 1.77. The van der Waals surface area contributed by atoms with Gasteiger partial charge in [-0.25, -0.2) is 17.9 Å². The van der Waals surface area contributed by atoms with Crippen LogP contribution in [0.5, 0.6) is 0 Å². The summed E-state index contributed by atoms with van der Waals surface area (Å²) in [5.74, 6) is -1.76. The molecule has 0 heterocycles. The van der Waals surface area contributed by atoms with Crippen molar-refractivity contribution in [2.75, 3.05) is 19.3 Å². The van der Waals surface area contributed by atoms with Crippen molar-refractivity contribution in [2.45, 2.75) is 25.7 Å². The summed E-state index contributed by atoms with van der Waals surface area (Å²) >= 11 is 0. The monoisotopic (exact) mass is 309 g/mol. The lowest BCUT2D eigenvalue weighted by atomic mass is 10.2. The Kier molecular flexibility index (Phi) is 8.48. The third kappa shape index (κ3) is 10.3. The lowest BCUT2D eigenvalue weighted by Crippen LogP contribution is -2.42. The van der Waals surface area contributed by atoms with Gasteiger partial charge >= 0.3 is 12.0 Å². The number of carboxylic acids is 1. The molecule has 0 aliphatic carbocycles. The zero-order valence-electron chi connectivity index (χ0n) is 11.1. The number of urea groups is 1. The Labute approximate surface area is 117 Å². The van der Waals surface area contributed by atoms with Crippen molar-refractivity contribution in [1.29, 1.82) is 0 Å². The second-order valence-electron chi connectivity index (χ2n) is 3.93. The van der Waals surface area contributed by atoms with Crippen molar-refractivity contribution in [3.8, 4) is 0 Å². The predicted molar refractivity (Wildman–Crippen MR) is 70.5 cm³/mol. The molecule has 3 amide bonds. The van der Waals surface area contributed by atoms with Gasteiger partial charge in [0.15, 0.2) is 0 Å². The summed E-state index contributed by atoms with van der Waals surface area (Å²) < 4.78 is 24.2. The minimum Gasteiger partial charge on any atom is -0.481 e. The number of carbonyl (C=O) groups is 3. The maximum atomic E-state index is 11.3. The van der Waals surface area contributed by atoms with Crippen LogP contribution in [-0.4, -0.2) is 50.8 Å². The number of sulfonamides is 1. The third-order valence-electron chi connectivity index (χ3n) is 2.26. The highest BCUT2D eigenvalue weighted by Crippen LogP contribution is 1.99. The molecule has 0 radical (unpaired) electrons. The molecule has 0 aromatic carbocycles. The first-order valence-corrected chi connectivity index (χ1v) is 7.63. The van der Waals surface area contributed by atoms with Crippen LogP contribution >= 0.6 is 0 Å². The fourth-order valence-electron chi connectivity index (χ4n) is 1.20. The quantitative estimate of drug-likeness (QED) is 0.403. The molecule has 0 saturated heterocycles. The Morgan fingerprint density at radius 3 is 2.25 bits per heavy atom. The van der Waals surface area contributed by atoms with E-state index in [1.807, 2.05) is 5.32 Å². The summed E-state index contributed by atoms with van der Waals surface area (Å²) in [6.45, 7) is -0.124. The first-order valence-electron chi connectivity index (χ1n) is 5.97. The van der Waals surface area contributed by atoms with Gasteiger partial charge in [0.25, 0.3) is 0 Å². The number of aliphatic carboxylic acids is 1. The molecule has 0 aliphatic heterocycles. The average molecular weight is 309 g/mol. The van der Waals surface area contributed by atoms with Crippen molar-refractivity contribution in [2.24, 2.45) is 0 Å². The van der Waals surface area contributed by atoms with E-state index in [4.69, 9.17) is 5.11 Å². The lowest BCUT2D eigenvalue weighted by molar-refractivity contribution is -0.137. The number of carboxylic acid groups (broad SMARTS) is 1. The molecule has 116 valence electrons. The van der Waals surface area contributed by atoms with E-state index in [9.17, 15) is 22.8 Å². The molecule has 0 saturated carbocycles. The van der Waals surface area contributed by atoms with Crippen LogP contribution in [0.2, 0.25) is 0 Å². The van der Waals surface area contributed by atoms with Gasteiger partial charge in [0.1, 0.15) is 0 Å². The van der Waals surface area contributed by atoms with Gasteiger partial charge in [-0.2, -0.15) is 0 Å².